The van der Waals surface area contributed by atoms with Gasteiger partial charge in [-0.3, -0.25) is 18.9 Å². The van der Waals surface area contributed by atoms with E-state index in [1.54, 1.807) is 41.1 Å². The van der Waals surface area contributed by atoms with Crippen LogP contribution in [-0.2, 0) is 9.53 Å². The molecule has 2 aliphatic rings. The second-order valence-corrected chi connectivity index (χ2v) is 9.58. The molecule has 174 valence electrons. The van der Waals surface area contributed by atoms with Crippen molar-refractivity contribution in [3.63, 3.8) is 0 Å². The van der Waals surface area contributed by atoms with Crippen molar-refractivity contribution in [3.05, 3.63) is 45.2 Å². The molecule has 2 aliphatic heterocycles. The van der Waals surface area contributed by atoms with Gasteiger partial charge < -0.3 is 14.5 Å². The number of hydrogen-bond donors (Lipinski definition) is 0. The first-order chi connectivity index (χ1) is 15.8. The summed E-state index contributed by atoms with van der Waals surface area (Å²) in [4.78, 5) is 48.8. The number of pyridine rings is 1. The molecular weight excluding hydrogens is 462 g/mol. The van der Waals surface area contributed by atoms with Crippen molar-refractivity contribution in [2.24, 2.45) is 0 Å². The lowest BCUT2D eigenvalue weighted by Gasteiger charge is -2.35. The van der Waals surface area contributed by atoms with E-state index in [2.05, 4.69) is 0 Å². The average Bonchev–Trinajstić information content (AvgIpc) is 3.08. The molecule has 0 radical (unpaired) electrons. The van der Waals surface area contributed by atoms with Crippen LogP contribution in [0.15, 0.2) is 34.1 Å². The molecule has 0 unspecified atom stereocenters. The van der Waals surface area contributed by atoms with Crippen LogP contribution in [0.3, 0.4) is 0 Å². The number of piperazine rings is 1. The summed E-state index contributed by atoms with van der Waals surface area (Å²) in [6.45, 7) is 7.76. The van der Waals surface area contributed by atoms with Gasteiger partial charge in [0.1, 0.15) is 15.8 Å². The van der Waals surface area contributed by atoms with Gasteiger partial charge in [0.15, 0.2) is 0 Å². The van der Waals surface area contributed by atoms with Crippen LogP contribution in [0.25, 0.3) is 11.7 Å². The van der Waals surface area contributed by atoms with Crippen LogP contribution in [0.1, 0.15) is 26.3 Å². The van der Waals surface area contributed by atoms with E-state index < -0.39 is 0 Å². The lowest BCUT2D eigenvalue weighted by atomic mass is 10.2. The van der Waals surface area contributed by atoms with Gasteiger partial charge in [-0.1, -0.05) is 30.0 Å². The van der Waals surface area contributed by atoms with E-state index in [0.717, 1.165) is 0 Å². The summed E-state index contributed by atoms with van der Waals surface area (Å²) >= 11 is 6.57. The molecule has 9 nitrogen and oxygen atoms in total. The third-order valence-corrected chi connectivity index (χ3v) is 6.80. The number of nitrogens with zero attached hydrogens (tertiary/aromatic N) is 5. The zero-order valence-electron chi connectivity index (χ0n) is 18.7. The number of thioether (sulfide) groups is 1. The van der Waals surface area contributed by atoms with Crippen molar-refractivity contribution >= 4 is 57.8 Å². The minimum atomic E-state index is -0.346. The van der Waals surface area contributed by atoms with Gasteiger partial charge in [0.05, 0.1) is 17.1 Å². The number of anilines is 1. The summed E-state index contributed by atoms with van der Waals surface area (Å²) in [5.41, 5.74) is 0.572. The number of amides is 2. The van der Waals surface area contributed by atoms with Gasteiger partial charge in [0, 0.05) is 38.4 Å². The van der Waals surface area contributed by atoms with E-state index in [1.165, 1.54) is 16.2 Å². The van der Waals surface area contributed by atoms with Gasteiger partial charge in [-0.15, -0.1) is 0 Å². The summed E-state index contributed by atoms with van der Waals surface area (Å²) in [7, 11) is 0. The summed E-state index contributed by atoms with van der Waals surface area (Å²) in [6, 6.07) is 5.27. The fourth-order valence-corrected chi connectivity index (χ4v) is 5.34. The van der Waals surface area contributed by atoms with E-state index in [4.69, 9.17) is 21.9 Å². The first-order valence-corrected chi connectivity index (χ1v) is 12.0. The molecule has 4 heterocycles. The molecule has 4 rings (SSSR count). The summed E-state index contributed by atoms with van der Waals surface area (Å²) in [5, 5.41) is 0. The Bertz CT molecular complexity index is 1200. The fourth-order valence-electron chi connectivity index (χ4n) is 3.83. The third-order valence-electron chi connectivity index (χ3n) is 5.47. The first kappa shape index (κ1) is 23.2. The number of fused-ring (bicyclic) bond motifs is 1. The van der Waals surface area contributed by atoms with E-state index in [9.17, 15) is 14.4 Å². The predicted octanol–water partition coefficient (Wildman–Crippen LogP) is 2.58. The molecule has 2 amide bonds. The molecule has 33 heavy (non-hydrogen) atoms. The van der Waals surface area contributed by atoms with Gasteiger partial charge >= 0.3 is 6.09 Å². The fraction of sp³-hybridized carbons (Fsp3) is 0.409. The molecular formula is C22H25N5O4S2. The van der Waals surface area contributed by atoms with Crippen molar-refractivity contribution in [2.75, 3.05) is 37.7 Å². The molecule has 2 saturated heterocycles. The van der Waals surface area contributed by atoms with E-state index in [0.29, 0.717) is 59.0 Å². The highest BCUT2D eigenvalue weighted by molar-refractivity contribution is 8.26. The smallest absolute Gasteiger partial charge is 0.409 e. The highest BCUT2D eigenvalue weighted by Crippen LogP contribution is 2.34. The highest BCUT2D eigenvalue weighted by atomic mass is 32.2. The summed E-state index contributed by atoms with van der Waals surface area (Å²) in [5.74, 6) is 0.278. The predicted molar refractivity (Wildman–Crippen MR) is 132 cm³/mol. The monoisotopic (exact) mass is 487 g/mol. The molecule has 0 N–H and O–H groups in total. The highest BCUT2D eigenvalue weighted by Gasteiger charge is 2.35. The first-order valence-electron chi connectivity index (χ1n) is 10.8. The van der Waals surface area contributed by atoms with Crippen LogP contribution in [0.5, 0.6) is 0 Å². The van der Waals surface area contributed by atoms with Crippen molar-refractivity contribution < 1.29 is 14.3 Å². The average molecular weight is 488 g/mol. The zero-order chi connectivity index (χ0) is 23.7. The summed E-state index contributed by atoms with van der Waals surface area (Å²) < 4.78 is 7.03. The van der Waals surface area contributed by atoms with Crippen molar-refractivity contribution in [3.8, 4) is 0 Å². The van der Waals surface area contributed by atoms with Crippen LogP contribution in [-0.4, -0.2) is 74.3 Å². The number of hydrogen-bond acceptors (Lipinski definition) is 8. The van der Waals surface area contributed by atoms with Gasteiger partial charge in [0.2, 0.25) is 0 Å². The third kappa shape index (κ3) is 4.47. The number of thiocarbonyl (C=S) groups is 1. The Morgan fingerprint density at radius 2 is 1.97 bits per heavy atom. The molecule has 0 aliphatic carbocycles. The maximum absolute atomic E-state index is 13.4. The van der Waals surface area contributed by atoms with Gasteiger partial charge in [-0.2, -0.15) is 0 Å². The normalized spacial score (nSPS) is 18.2. The topological polar surface area (TPSA) is 87.5 Å². The number of carbonyl (C=O) groups is 2. The van der Waals surface area contributed by atoms with Gasteiger partial charge in [-0.25, -0.2) is 9.78 Å². The Kier molecular flexibility index (Phi) is 6.71. The van der Waals surface area contributed by atoms with Crippen molar-refractivity contribution in [1.29, 1.82) is 0 Å². The Labute approximate surface area is 201 Å². The van der Waals surface area contributed by atoms with E-state index in [1.807, 2.05) is 24.8 Å². The van der Waals surface area contributed by atoms with Crippen LogP contribution in [0.4, 0.5) is 10.6 Å². The Balaban J connectivity index is 1.74. The van der Waals surface area contributed by atoms with Gasteiger partial charge in [0.25, 0.3) is 11.5 Å². The maximum atomic E-state index is 13.4. The standard InChI is InChI=1S/C22H25N5O4S2/c1-4-31-21(30)25-11-9-24(10-12-25)18-15(19(28)26-8-6-5-7-17(26)23-18)13-16-20(29)27(14(2)3)22(32)33-16/h5-8,13-14H,4,9-12H2,1-3H3. The lowest BCUT2D eigenvalue weighted by molar-refractivity contribution is -0.123. The molecule has 0 spiro atoms. The van der Waals surface area contributed by atoms with Crippen LogP contribution in [0.2, 0.25) is 0 Å². The second-order valence-electron chi connectivity index (χ2n) is 7.90. The molecule has 2 aromatic rings. The van der Waals surface area contributed by atoms with E-state index in [-0.39, 0.29) is 23.6 Å². The maximum Gasteiger partial charge on any atom is 0.409 e. The van der Waals surface area contributed by atoms with E-state index >= 15 is 0 Å². The molecule has 0 aromatic carbocycles. The van der Waals surface area contributed by atoms with Gasteiger partial charge in [-0.05, 0) is 39.0 Å². The van der Waals surface area contributed by atoms with Crippen LogP contribution < -0.4 is 10.5 Å². The van der Waals surface area contributed by atoms with Crippen molar-refractivity contribution in [2.45, 2.75) is 26.8 Å². The quantitative estimate of drug-likeness (QED) is 0.481. The zero-order valence-corrected chi connectivity index (χ0v) is 20.3. The molecule has 2 aromatic heterocycles. The SMILES string of the molecule is CCOC(=O)N1CCN(c2nc3ccccn3c(=O)c2C=C2SC(=S)N(C(C)C)C2=O)CC1. The molecule has 0 bridgehead atoms. The Morgan fingerprint density at radius 1 is 1.24 bits per heavy atom. The Hall–Kier alpha value is -2.92. The van der Waals surface area contributed by atoms with Crippen LogP contribution >= 0.6 is 24.0 Å². The number of carbonyl (C=O) groups excluding carboxylic acids is 2. The number of ether oxygens (including phenoxy) is 1. The molecule has 11 heteroatoms. The number of rotatable bonds is 4. The Morgan fingerprint density at radius 3 is 2.61 bits per heavy atom. The molecule has 0 saturated carbocycles. The molecule has 0 atom stereocenters. The summed E-state index contributed by atoms with van der Waals surface area (Å²) in [6.07, 6.45) is 2.91. The largest absolute Gasteiger partial charge is 0.450 e. The van der Waals surface area contributed by atoms with Crippen molar-refractivity contribution in [1.82, 2.24) is 19.2 Å². The molecule has 2 fully saturated rings. The minimum Gasteiger partial charge on any atom is -0.450 e. The number of aromatic nitrogens is 2. The lowest BCUT2D eigenvalue weighted by Crippen LogP contribution is -2.49. The minimum absolute atomic E-state index is 0.0744. The second kappa shape index (κ2) is 9.52. The van der Waals surface area contributed by atoms with Crippen LogP contribution in [0, 0.1) is 0 Å².